The molecule has 0 aromatic carbocycles. The van der Waals surface area contributed by atoms with Gasteiger partial charge in [-0.05, 0) is 37.7 Å². The predicted octanol–water partition coefficient (Wildman–Crippen LogP) is 2.75. The van der Waals surface area contributed by atoms with E-state index in [2.05, 4.69) is 18.9 Å². The quantitative estimate of drug-likeness (QED) is 0.839. The molecule has 23 heavy (non-hydrogen) atoms. The highest BCUT2D eigenvalue weighted by Crippen LogP contribution is 2.23. The zero-order valence-electron chi connectivity index (χ0n) is 14.1. The number of aliphatic hydroxyl groups is 1. The van der Waals surface area contributed by atoms with Crippen LogP contribution < -0.4 is 0 Å². The number of amides is 1. The van der Waals surface area contributed by atoms with Gasteiger partial charge in [0.15, 0.2) is 0 Å². The summed E-state index contributed by atoms with van der Waals surface area (Å²) >= 11 is 6.38. The summed E-state index contributed by atoms with van der Waals surface area (Å²) in [4.78, 5) is 14.1. The van der Waals surface area contributed by atoms with Crippen molar-refractivity contribution in [3.05, 3.63) is 22.5 Å². The van der Waals surface area contributed by atoms with E-state index in [1.165, 1.54) is 0 Å². The number of halogens is 1. The number of carbonyl (C=O) groups is 1. The smallest absolute Gasteiger partial charge is 0.246 e. The molecule has 0 aliphatic carbocycles. The van der Waals surface area contributed by atoms with Crippen molar-refractivity contribution in [2.75, 3.05) is 19.7 Å². The van der Waals surface area contributed by atoms with Crippen LogP contribution in [-0.4, -0.2) is 45.4 Å². The summed E-state index contributed by atoms with van der Waals surface area (Å²) in [6.45, 7) is 8.39. The van der Waals surface area contributed by atoms with Crippen molar-refractivity contribution in [2.24, 2.45) is 11.8 Å². The Balaban J connectivity index is 2.07. The summed E-state index contributed by atoms with van der Waals surface area (Å²) in [5.41, 5.74) is 1.63. The first kappa shape index (κ1) is 18.0. The molecule has 128 valence electrons. The van der Waals surface area contributed by atoms with E-state index >= 15 is 0 Å². The molecule has 2 rings (SSSR count). The predicted molar refractivity (Wildman–Crippen MR) is 92.2 cm³/mol. The third kappa shape index (κ3) is 4.58. The second kappa shape index (κ2) is 7.97. The number of aliphatic hydroxyl groups excluding tert-OH is 1. The van der Waals surface area contributed by atoms with Gasteiger partial charge in [-0.25, -0.2) is 0 Å². The summed E-state index contributed by atoms with van der Waals surface area (Å²) in [6.07, 6.45) is 5.25. The maximum Gasteiger partial charge on any atom is 0.246 e. The number of aromatic nitrogens is 2. The molecular formula is C17H26ClN3O2. The van der Waals surface area contributed by atoms with E-state index in [0.29, 0.717) is 17.6 Å². The minimum atomic E-state index is -0.0322. The Labute approximate surface area is 142 Å². The van der Waals surface area contributed by atoms with E-state index in [1.54, 1.807) is 21.7 Å². The molecule has 1 aromatic rings. The molecule has 1 unspecified atom stereocenters. The first-order chi connectivity index (χ1) is 10.9. The third-order valence-corrected chi connectivity index (χ3v) is 4.53. The maximum absolute atomic E-state index is 12.3. The van der Waals surface area contributed by atoms with Crippen LogP contribution in [0.4, 0.5) is 0 Å². The van der Waals surface area contributed by atoms with E-state index in [0.717, 1.165) is 37.2 Å². The van der Waals surface area contributed by atoms with Crippen molar-refractivity contribution >= 4 is 23.6 Å². The van der Waals surface area contributed by atoms with Crippen LogP contribution in [-0.2, 0) is 11.3 Å². The first-order valence-corrected chi connectivity index (χ1v) is 8.61. The Morgan fingerprint density at radius 3 is 2.91 bits per heavy atom. The Morgan fingerprint density at radius 1 is 1.52 bits per heavy atom. The van der Waals surface area contributed by atoms with Crippen molar-refractivity contribution in [2.45, 2.75) is 40.2 Å². The molecule has 1 aliphatic rings. The van der Waals surface area contributed by atoms with Crippen molar-refractivity contribution in [3.8, 4) is 0 Å². The average molecular weight is 340 g/mol. The minimum Gasteiger partial charge on any atom is -0.396 e. The van der Waals surface area contributed by atoms with Gasteiger partial charge in [0.05, 0.1) is 5.69 Å². The molecule has 1 N–H and O–H groups in total. The van der Waals surface area contributed by atoms with E-state index in [9.17, 15) is 9.90 Å². The Kier molecular flexibility index (Phi) is 6.25. The van der Waals surface area contributed by atoms with Crippen LogP contribution in [0.2, 0.25) is 5.15 Å². The molecule has 0 radical (unpaired) electrons. The Morgan fingerprint density at radius 2 is 2.26 bits per heavy atom. The van der Waals surface area contributed by atoms with Crippen molar-refractivity contribution in [3.63, 3.8) is 0 Å². The zero-order chi connectivity index (χ0) is 17.0. The van der Waals surface area contributed by atoms with E-state index in [-0.39, 0.29) is 18.4 Å². The van der Waals surface area contributed by atoms with Gasteiger partial charge in [0.2, 0.25) is 5.91 Å². The highest BCUT2D eigenvalue weighted by Gasteiger charge is 2.22. The summed E-state index contributed by atoms with van der Waals surface area (Å²) in [5, 5.41) is 14.3. The summed E-state index contributed by atoms with van der Waals surface area (Å²) < 4.78 is 1.79. The van der Waals surface area contributed by atoms with Crippen LogP contribution in [0.3, 0.4) is 0 Å². The number of likely N-dealkylation sites (tertiary alicyclic amines) is 1. The molecular weight excluding hydrogens is 314 g/mol. The lowest BCUT2D eigenvalue weighted by molar-refractivity contribution is -0.127. The van der Waals surface area contributed by atoms with Crippen molar-refractivity contribution < 1.29 is 9.90 Å². The number of piperidine rings is 1. The van der Waals surface area contributed by atoms with Crippen LogP contribution >= 0.6 is 11.6 Å². The lowest BCUT2D eigenvalue weighted by Gasteiger charge is -2.31. The minimum absolute atomic E-state index is 0.0322. The Hall–Kier alpha value is -1.33. The van der Waals surface area contributed by atoms with E-state index in [1.807, 2.05) is 6.92 Å². The van der Waals surface area contributed by atoms with Crippen LogP contribution in [0.15, 0.2) is 6.08 Å². The van der Waals surface area contributed by atoms with Gasteiger partial charge in [-0.15, -0.1) is 0 Å². The number of rotatable bonds is 5. The SMILES string of the molecule is Cc1nn(CC(C)C)c(Cl)c1/C=C/C(=O)N1CCCC(CO)C1. The highest BCUT2D eigenvalue weighted by molar-refractivity contribution is 6.31. The van der Waals surface area contributed by atoms with Crippen molar-refractivity contribution in [1.82, 2.24) is 14.7 Å². The fourth-order valence-corrected chi connectivity index (χ4v) is 3.20. The molecule has 6 heteroatoms. The van der Waals surface area contributed by atoms with Gasteiger partial charge >= 0.3 is 0 Å². The molecule has 0 bridgehead atoms. The molecule has 1 aliphatic heterocycles. The normalized spacial score (nSPS) is 19.0. The zero-order valence-corrected chi connectivity index (χ0v) is 14.9. The largest absolute Gasteiger partial charge is 0.396 e. The number of nitrogens with zero attached hydrogens (tertiary/aromatic N) is 3. The van der Waals surface area contributed by atoms with Crippen LogP contribution in [0, 0.1) is 18.8 Å². The van der Waals surface area contributed by atoms with E-state index in [4.69, 9.17) is 11.6 Å². The molecule has 1 amide bonds. The Bertz CT molecular complexity index is 581. The van der Waals surface area contributed by atoms with Gasteiger partial charge in [0, 0.05) is 37.9 Å². The van der Waals surface area contributed by atoms with Crippen LogP contribution in [0.5, 0.6) is 0 Å². The van der Waals surface area contributed by atoms with E-state index < -0.39 is 0 Å². The summed E-state index contributed by atoms with van der Waals surface area (Å²) in [6, 6.07) is 0. The monoisotopic (exact) mass is 339 g/mol. The standard InChI is InChI=1S/C17H26ClN3O2/c1-12(2)9-21-17(18)15(13(3)19-21)6-7-16(23)20-8-4-5-14(10-20)11-22/h6-7,12,14,22H,4-5,8-11H2,1-3H3/b7-6+. The maximum atomic E-state index is 12.3. The van der Waals surface area contributed by atoms with Gasteiger partial charge in [0.25, 0.3) is 0 Å². The summed E-state index contributed by atoms with van der Waals surface area (Å²) in [7, 11) is 0. The molecule has 0 spiro atoms. The van der Waals surface area contributed by atoms with Gasteiger partial charge in [-0.2, -0.15) is 5.10 Å². The molecule has 1 atom stereocenters. The summed E-state index contributed by atoms with van der Waals surface area (Å²) in [5.74, 6) is 0.615. The van der Waals surface area contributed by atoms with Gasteiger partial charge in [-0.3, -0.25) is 9.48 Å². The van der Waals surface area contributed by atoms with Crippen LogP contribution in [0.1, 0.15) is 37.9 Å². The number of hydrogen-bond acceptors (Lipinski definition) is 3. The second-order valence-electron chi connectivity index (χ2n) is 6.67. The second-order valence-corrected chi connectivity index (χ2v) is 7.03. The highest BCUT2D eigenvalue weighted by atomic mass is 35.5. The van der Waals surface area contributed by atoms with Crippen molar-refractivity contribution in [1.29, 1.82) is 0 Å². The average Bonchev–Trinajstić information content (AvgIpc) is 2.78. The lowest BCUT2D eigenvalue weighted by Crippen LogP contribution is -2.40. The molecule has 1 fully saturated rings. The fourth-order valence-electron chi connectivity index (χ4n) is 2.90. The molecule has 5 nitrogen and oxygen atoms in total. The number of carbonyl (C=O) groups excluding carboxylic acids is 1. The molecule has 1 aromatic heterocycles. The lowest BCUT2D eigenvalue weighted by atomic mass is 9.99. The molecule has 2 heterocycles. The van der Waals surface area contributed by atoms with Gasteiger partial charge in [-0.1, -0.05) is 25.4 Å². The first-order valence-electron chi connectivity index (χ1n) is 8.23. The number of hydrogen-bond donors (Lipinski definition) is 1. The number of aryl methyl sites for hydroxylation is 1. The van der Waals surface area contributed by atoms with Crippen LogP contribution in [0.25, 0.3) is 6.08 Å². The topological polar surface area (TPSA) is 58.4 Å². The van der Waals surface area contributed by atoms with Gasteiger partial charge in [0.1, 0.15) is 5.15 Å². The van der Waals surface area contributed by atoms with Gasteiger partial charge < -0.3 is 10.0 Å². The fraction of sp³-hybridized carbons (Fsp3) is 0.647. The molecule has 1 saturated heterocycles. The molecule has 0 saturated carbocycles. The third-order valence-electron chi connectivity index (χ3n) is 4.13.